The fourth-order valence-electron chi connectivity index (χ4n) is 1.35. The minimum Gasteiger partial charge on any atom is -0.478 e. The largest absolute Gasteiger partial charge is 0.478 e. The minimum absolute atomic E-state index is 0.414. The highest BCUT2D eigenvalue weighted by Gasteiger charge is 2.23. The van der Waals surface area contributed by atoms with Crippen molar-refractivity contribution in [2.75, 3.05) is 0 Å². The van der Waals surface area contributed by atoms with Gasteiger partial charge in [0.15, 0.2) is 17.5 Å². The van der Waals surface area contributed by atoms with E-state index >= 15 is 0 Å². The number of benzene rings is 1. The molecule has 0 unspecified atom stereocenters. The van der Waals surface area contributed by atoms with Gasteiger partial charge in [-0.25, -0.2) is 22.6 Å². The van der Waals surface area contributed by atoms with Crippen LogP contribution in [0.2, 0.25) is 0 Å². The lowest BCUT2D eigenvalue weighted by atomic mass is 10.1. The Labute approximate surface area is 92.9 Å². The second kappa shape index (κ2) is 3.93. The fourth-order valence-corrected chi connectivity index (χ4v) is 1.35. The average molecular weight is 242 g/mol. The average Bonchev–Trinajstić information content (AvgIpc) is 2.76. The molecule has 0 aliphatic rings. The van der Waals surface area contributed by atoms with Gasteiger partial charge in [0.05, 0.1) is 0 Å². The molecule has 2 rings (SSSR count). The van der Waals surface area contributed by atoms with Gasteiger partial charge in [-0.15, -0.1) is 0 Å². The lowest BCUT2D eigenvalue weighted by Crippen LogP contribution is -2.10. The molecule has 0 atom stereocenters. The molecule has 88 valence electrons. The van der Waals surface area contributed by atoms with Gasteiger partial charge in [-0.3, -0.25) is 0 Å². The van der Waals surface area contributed by atoms with Crippen LogP contribution in [0.1, 0.15) is 10.4 Å². The second-order valence-corrected chi connectivity index (χ2v) is 3.14. The number of aromatic nitrogens is 2. The Bertz CT molecular complexity index is 582. The van der Waals surface area contributed by atoms with Crippen molar-refractivity contribution in [3.63, 3.8) is 0 Å². The first-order valence-electron chi connectivity index (χ1n) is 4.43. The molecule has 1 N–H and O–H groups in total. The smallest absolute Gasteiger partial charge is 0.338 e. The third kappa shape index (κ3) is 1.75. The van der Waals surface area contributed by atoms with Crippen LogP contribution in [0.4, 0.5) is 13.2 Å². The molecule has 17 heavy (non-hydrogen) atoms. The van der Waals surface area contributed by atoms with Crippen LogP contribution < -0.4 is 0 Å². The topological polar surface area (TPSA) is 55.1 Å². The Kier molecular flexibility index (Phi) is 2.58. The number of hydrogen-bond acceptors (Lipinski definition) is 2. The van der Waals surface area contributed by atoms with E-state index in [1.807, 2.05) is 0 Å². The van der Waals surface area contributed by atoms with E-state index in [-0.39, 0.29) is 0 Å². The predicted octanol–water partition coefficient (Wildman–Crippen LogP) is 1.99. The van der Waals surface area contributed by atoms with Crippen molar-refractivity contribution >= 4 is 5.97 Å². The third-order valence-electron chi connectivity index (χ3n) is 2.10. The third-order valence-corrected chi connectivity index (χ3v) is 2.10. The van der Waals surface area contributed by atoms with Crippen molar-refractivity contribution in [3.05, 3.63) is 47.5 Å². The van der Waals surface area contributed by atoms with E-state index in [0.717, 1.165) is 4.68 Å². The van der Waals surface area contributed by atoms with E-state index in [4.69, 9.17) is 5.11 Å². The fraction of sp³-hybridized carbons (Fsp3) is 0. The van der Waals surface area contributed by atoms with Crippen LogP contribution in [-0.4, -0.2) is 20.9 Å². The summed E-state index contributed by atoms with van der Waals surface area (Å²) in [6, 6.07) is 1.81. The maximum absolute atomic E-state index is 13.5. The van der Waals surface area contributed by atoms with Crippen molar-refractivity contribution in [2.45, 2.75) is 0 Å². The van der Waals surface area contributed by atoms with E-state index in [1.54, 1.807) is 0 Å². The van der Waals surface area contributed by atoms with Crippen molar-refractivity contribution in [3.8, 4) is 5.69 Å². The van der Waals surface area contributed by atoms with Crippen molar-refractivity contribution in [1.29, 1.82) is 0 Å². The van der Waals surface area contributed by atoms with Crippen LogP contribution >= 0.6 is 0 Å². The van der Waals surface area contributed by atoms with Gasteiger partial charge in [-0.2, -0.15) is 5.10 Å². The number of carbonyl (C=O) groups is 1. The molecule has 0 saturated carbocycles. The maximum Gasteiger partial charge on any atom is 0.338 e. The standard InChI is InChI=1S/C10H5F3N2O2/c11-6-4-5(10(16)17)7(12)8(13)9(6)15-3-1-2-14-15/h1-4H,(H,16,17). The second-order valence-electron chi connectivity index (χ2n) is 3.14. The summed E-state index contributed by atoms with van der Waals surface area (Å²) in [5, 5.41) is 12.1. The van der Waals surface area contributed by atoms with E-state index in [9.17, 15) is 18.0 Å². The number of aromatic carboxylic acids is 1. The highest BCUT2D eigenvalue weighted by atomic mass is 19.2. The van der Waals surface area contributed by atoms with Crippen LogP contribution in [-0.2, 0) is 0 Å². The molecule has 0 fully saturated rings. The number of hydrogen-bond donors (Lipinski definition) is 1. The van der Waals surface area contributed by atoms with Crippen LogP contribution in [0, 0.1) is 17.5 Å². The molecule has 0 spiro atoms. The quantitative estimate of drug-likeness (QED) is 0.819. The molecule has 1 aromatic heterocycles. The summed E-state index contributed by atoms with van der Waals surface area (Å²) in [6.45, 7) is 0. The van der Waals surface area contributed by atoms with Crippen LogP contribution in [0.25, 0.3) is 5.69 Å². The summed E-state index contributed by atoms with van der Waals surface area (Å²) in [4.78, 5) is 10.5. The summed E-state index contributed by atoms with van der Waals surface area (Å²) < 4.78 is 41.1. The minimum atomic E-state index is -1.74. The molecule has 2 aromatic rings. The van der Waals surface area contributed by atoms with Crippen LogP contribution in [0.3, 0.4) is 0 Å². The molecule has 7 heteroatoms. The predicted molar refractivity (Wildman–Crippen MR) is 50.4 cm³/mol. The van der Waals surface area contributed by atoms with E-state index < -0.39 is 34.7 Å². The summed E-state index contributed by atoms with van der Waals surface area (Å²) in [5.74, 6) is -6.16. The molecular weight excluding hydrogens is 237 g/mol. The van der Waals surface area contributed by atoms with Crippen molar-refractivity contribution < 1.29 is 23.1 Å². The lowest BCUT2D eigenvalue weighted by Gasteiger charge is -2.07. The van der Waals surface area contributed by atoms with Crippen LogP contribution in [0.15, 0.2) is 24.5 Å². The highest BCUT2D eigenvalue weighted by Crippen LogP contribution is 2.22. The molecule has 0 aliphatic carbocycles. The number of carboxylic acid groups (broad SMARTS) is 1. The maximum atomic E-state index is 13.5. The number of rotatable bonds is 2. The van der Waals surface area contributed by atoms with Gasteiger partial charge in [0.2, 0.25) is 0 Å². The zero-order chi connectivity index (χ0) is 12.6. The molecule has 0 radical (unpaired) electrons. The molecule has 4 nitrogen and oxygen atoms in total. The Hall–Kier alpha value is -2.31. The summed E-state index contributed by atoms with van der Waals surface area (Å²) in [5.41, 5.74) is -1.81. The molecule has 1 aromatic carbocycles. The van der Waals surface area contributed by atoms with Gasteiger partial charge >= 0.3 is 5.97 Å². The Morgan fingerprint density at radius 1 is 1.29 bits per heavy atom. The molecule has 0 amide bonds. The van der Waals surface area contributed by atoms with E-state index in [2.05, 4.69) is 5.10 Å². The summed E-state index contributed by atoms with van der Waals surface area (Å²) in [7, 11) is 0. The number of halogens is 3. The Morgan fingerprint density at radius 2 is 2.00 bits per heavy atom. The molecule has 0 saturated heterocycles. The molecule has 0 aliphatic heterocycles. The van der Waals surface area contributed by atoms with Gasteiger partial charge in [0.1, 0.15) is 11.3 Å². The van der Waals surface area contributed by atoms with Crippen molar-refractivity contribution in [2.24, 2.45) is 0 Å². The Morgan fingerprint density at radius 3 is 2.53 bits per heavy atom. The highest BCUT2D eigenvalue weighted by molar-refractivity contribution is 5.88. The van der Waals surface area contributed by atoms with Crippen molar-refractivity contribution in [1.82, 2.24) is 9.78 Å². The normalized spacial score (nSPS) is 10.5. The van der Waals surface area contributed by atoms with Gasteiger partial charge in [0, 0.05) is 12.4 Å². The van der Waals surface area contributed by atoms with Gasteiger partial charge < -0.3 is 5.11 Å². The molecule has 1 heterocycles. The monoisotopic (exact) mass is 242 g/mol. The van der Waals surface area contributed by atoms with Gasteiger partial charge in [-0.05, 0) is 12.1 Å². The zero-order valence-corrected chi connectivity index (χ0v) is 8.19. The summed E-state index contributed by atoms with van der Waals surface area (Å²) in [6.07, 6.45) is 2.46. The SMILES string of the molecule is O=C(O)c1cc(F)c(-n2cccn2)c(F)c1F. The zero-order valence-electron chi connectivity index (χ0n) is 8.19. The first-order valence-corrected chi connectivity index (χ1v) is 4.43. The molecule has 0 bridgehead atoms. The van der Waals surface area contributed by atoms with Gasteiger partial charge in [0.25, 0.3) is 0 Å². The molecular formula is C10H5F3N2O2. The first kappa shape index (κ1) is 11.2. The van der Waals surface area contributed by atoms with Gasteiger partial charge in [-0.1, -0.05) is 0 Å². The summed E-state index contributed by atoms with van der Waals surface area (Å²) >= 11 is 0. The van der Waals surface area contributed by atoms with E-state index in [0.29, 0.717) is 6.07 Å². The first-order chi connectivity index (χ1) is 8.02. The Balaban J connectivity index is 2.72. The number of nitrogens with zero attached hydrogens (tertiary/aromatic N) is 2. The lowest BCUT2D eigenvalue weighted by molar-refractivity contribution is 0.0690. The number of carboxylic acids is 1. The van der Waals surface area contributed by atoms with Crippen LogP contribution in [0.5, 0.6) is 0 Å². The van der Waals surface area contributed by atoms with E-state index in [1.165, 1.54) is 18.5 Å².